The van der Waals surface area contributed by atoms with Crippen molar-refractivity contribution < 1.29 is 8.42 Å². The van der Waals surface area contributed by atoms with Gasteiger partial charge < -0.3 is 0 Å². The molecule has 0 bridgehead atoms. The lowest BCUT2D eigenvalue weighted by Crippen LogP contribution is -2.30. The first-order chi connectivity index (χ1) is 5.64. The molecule has 0 saturated heterocycles. The van der Waals surface area contributed by atoms with Gasteiger partial charge >= 0.3 is 0 Å². The van der Waals surface area contributed by atoms with E-state index in [0.717, 1.165) is 25.7 Å². The first-order valence-electron chi connectivity index (χ1n) is 3.73. The van der Waals surface area contributed by atoms with Crippen LogP contribution in [-0.4, -0.2) is 14.5 Å². The monoisotopic (exact) mass is 190 g/mol. The Kier molecular flexibility index (Phi) is 2.91. The van der Waals surface area contributed by atoms with E-state index in [-0.39, 0.29) is 6.04 Å². The summed E-state index contributed by atoms with van der Waals surface area (Å²) in [7, 11) is -3.76. The van der Waals surface area contributed by atoms with Gasteiger partial charge in [-0.05, 0) is 18.4 Å². The molecule has 0 radical (unpaired) electrons. The average molecular weight is 190 g/mol. The van der Waals surface area contributed by atoms with Gasteiger partial charge in [0.05, 0.1) is 0 Å². The lowest BCUT2D eigenvalue weighted by molar-refractivity contribution is 0.553. The van der Waals surface area contributed by atoms with Crippen LogP contribution < -0.4 is 4.72 Å². The van der Waals surface area contributed by atoms with Crippen LogP contribution in [0.2, 0.25) is 0 Å². The Hall–Kier alpha value is -0.780. The van der Waals surface area contributed by atoms with E-state index < -0.39 is 10.2 Å². The molecular weight excluding hydrogens is 180 g/mol. The second-order valence-corrected chi connectivity index (χ2v) is 4.09. The van der Waals surface area contributed by atoms with Crippen molar-refractivity contribution >= 4 is 10.2 Å². The lowest BCUT2D eigenvalue weighted by Gasteiger charge is -2.07. The first kappa shape index (κ1) is 9.31. The van der Waals surface area contributed by atoms with E-state index in [0.29, 0.717) is 0 Å². The number of hydrogen-bond donors (Lipinski definition) is 1. The van der Waals surface area contributed by atoms with Crippen molar-refractivity contribution in [3.8, 4) is 0 Å². The molecule has 0 aromatic heterocycles. The van der Waals surface area contributed by atoms with Gasteiger partial charge in [-0.1, -0.05) is 12.8 Å². The van der Waals surface area contributed by atoms with Crippen LogP contribution in [0.15, 0.2) is 4.52 Å². The first-order valence-corrected chi connectivity index (χ1v) is 5.17. The van der Waals surface area contributed by atoms with Crippen LogP contribution in [0.25, 0.3) is 10.4 Å². The quantitative estimate of drug-likeness (QED) is 0.409. The third kappa shape index (κ3) is 2.69. The fourth-order valence-electron chi connectivity index (χ4n) is 1.33. The number of nitrogens with one attached hydrogen (secondary N) is 1. The zero-order valence-electron chi connectivity index (χ0n) is 6.47. The third-order valence-electron chi connectivity index (χ3n) is 1.81. The molecule has 1 rings (SSSR count). The van der Waals surface area contributed by atoms with Crippen LogP contribution in [0.4, 0.5) is 0 Å². The summed E-state index contributed by atoms with van der Waals surface area (Å²) >= 11 is 0. The normalized spacial score (nSPS) is 19.0. The maximum Gasteiger partial charge on any atom is 0.300 e. The van der Waals surface area contributed by atoms with Gasteiger partial charge in [-0.3, -0.25) is 0 Å². The van der Waals surface area contributed by atoms with Crippen molar-refractivity contribution in [1.29, 1.82) is 0 Å². The Bertz CT molecular complexity index is 287. The molecule has 1 saturated carbocycles. The molecule has 0 unspecified atom stereocenters. The fourth-order valence-corrected chi connectivity index (χ4v) is 2.13. The van der Waals surface area contributed by atoms with E-state index in [1.165, 1.54) is 0 Å². The van der Waals surface area contributed by atoms with E-state index in [4.69, 9.17) is 5.53 Å². The molecule has 0 atom stereocenters. The van der Waals surface area contributed by atoms with Gasteiger partial charge in [-0.15, -0.1) is 0 Å². The molecule has 6 nitrogen and oxygen atoms in total. The molecule has 1 aliphatic rings. The largest absolute Gasteiger partial charge is 0.300 e. The Balaban J connectivity index is 2.54. The molecule has 1 fully saturated rings. The Morgan fingerprint density at radius 3 is 2.50 bits per heavy atom. The van der Waals surface area contributed by atoms with Crippen LogP contribution in [0, 0.1) is 0 Å². The summed E-state index contributed by atoms with van der Waals surface area (Å²) in [6.07, 6.45) is 3.73. The van der Waals surface area contributed by atoms with E-state index in [1.807, 2.05) is 0 Å². The lowest BCUT2D eigenvalue weighted by atomic mass is 10.3. The summed E-state index contributed by atoms with van der Waals surface area (Å²) in [5.41, 5.74) is 7.91. The minimum Gasteiger partial charge on any atom is -0.205 e. The van der Waals surface area contributed by atoms with Crippen LogP contribution >= 0.6 is 0 Å². The van der Waals surface area contributed by atoms with Crippen molar-refractivity contribution in [2.45, 2.75) is 31.7 Å². The maximum atomic E-state index is 10.9. The molecule has 0 aromatic carbocycles. The molecule has 0 aliphatic heterocycles. The Morgan fingerprint density at radius 1 is 1.42 bits per heavy atom. The summed E-state index contributed by atoms with van der Waals surface area (Å²) in [6.45, 7) is 0. The second kappa shape index (κ2) is 3.75. The SMILES string of the molecule is [N-]=[N+]=NS(=O)(=O)NC1CCCC1. The van der Waals surface area contributed by atoms with Crippen LogP contribution in [-0.2, 0) is 10.2 Å². The van der Waals surface area contributed by atoms with Gasteiger partial charge in [0, 0.05) is 15.5 Å². The topological polar surface area (TPSA) is 94.9 Å². The number of rotatable bonds is 3. The van der Waals surface area contributed by atoms with Crippen LogP contribution in [0.3, 0.4) is 0 Å². The molecule has 68 valence electrons. The summed E-state index contributed by atoms with van der Waals surface area (Å²) in [4.78, 5) is 2.22. The Labute approximate surface area is 70.8 Å². The number of nitrogens with zero attached hydrogens (tertiary/aromatic N) is 3. The van der Waals surface area contributed by atoms with Gasteiger partial charge in [-0.25, -0.2) is 13.1 Å². The van der Waals surface area contributed by atoms with Crippen molar-refractivity contribution in [1.82, 2.24) is 4.72 Å². The summed E-state index contributed by atoms with van der Waals surface area (Å²) in [5.74, 6) is 0. The minimum atomic E-state index is -3.76. The molecule has 1 N–H and O–H groups in total. The molecule has 0 heterocycles. The van der Waals surface area contributed by atoms with E-state index in [2.05, 4.69) is 14.2 Å². The van der Waals surface area contributed by atoms with Crippen molar-refractivity contribution in [3.63, 3.8) is 0 Å². The third-order valence-corrected chi connectivity index (χ3v) is 2.73. The predicted molar refractivity (Wildman–Crippen MR) is 43.5 cm³/mol. The van der Waals surface area contributed by atoms with Gasteiger partial charge in [0.1, 0.15) is 0 Å². The van der Waals surface area contributed by atoms with E-state index in [9.17, 15) is 8.42 Å². The molecule has 12 heavy (non-hydrogen) atoms. The maximum absolute atomic E-state index is 10.9. The Morgan fingerprint density at radius 2 is 2.00 bits per heavy atom. The van der Waals surface area contributed by atoms with E-state index in [1.54, 1.807) is 0 Å². The number of hydrogen-bond acceptors (Lipinski definition) is 2. The molecule has 0 spiro atoms. The van der Waals surface area contributed by atoms with Crippen molar-refractivity contribution in [2.75, 3.05) is 0 Å². The highest BCUT2D eigenvalue weighted by atomic mass is 32.2. The summed E-state index contributed by atoms with van der Waals surface area (Å²) < 4.78 is 26.7. The van der Waals surface area contributed by atoms with Gasteiger partial charge in [-0.2, -0.15) is 0 Å². The molecule has 0 amide bonds. The number of azide groups is 1. The highest BCUT2D eigenvalue weighted by Gasteiger charge is 2.19. The zero-order valence-corrected chi connectivity index (χ0v) is 7.29. The van der Waals surface area contributed by atoms with Gasteiger partial charge in [0.2, 0.25) is 0 Å². The molecular formula is C5H10N4O2S. The highest BCUT2D eigenvalue weighted by molar-refractivity contribution is 7.88. The van der Waals surface area contributed by atoms with Crippen LogP contribution in [0.1, 0.15) is 25.7 Å². The van der Waals surface area contributed by atoms with Gasteiger partial charge in [0.15, 0.2) is 0 Å². The van der Waals surface area contributed by atoms with Crippen molar-refractivity contribution in [3.05, 3.63) is 10.4 Å². The second-order valence-electron chi connectivity index (χ2n) is 2.75. The standard InChI is InChI=1S/C5H10N4O2S/c6-8-9-12(10,11)7-5-3-1-2-4-5/h5,7H,1-4H2. The van der Waals surface area contributed by atoms with Crippen molar-refractivity contribution in [2.24, 2.45) is 4.52 Å². The van der Waals surface area contributed by atoms with Gasteiger partial charge in [0.25, 0.3) is 10.2 Å². The molecule has 0 aromatic rings. The van der Waals surface area contributed by atoms with E-state index >= 15 is 0 Å². The predicted octanol–water partition coefficient (Wildman–Crippen LogP) is 1.07. The fraction of sp³-hybridized carbons (Fsp3) is 1.00. The minimum absolute atomic E-state index is 0.0412. The summed E-state index contributed by atoms with van der Waals surface area (Å²) in [5, 5.41) is 0. The summed E-state index contributed by atoms with van der Waals surface area (Å²) in [6, 6.07) is -0.0412. The molecule has 1 aliphatic carbocycles. The smallest absolute Gasteiger partial charge is 0.205 e. The average Bonchev–Trinajstić information content (AvgIpc) is 2.38. The van der Waals surface area contributed by atoms with Crippen LogP contribution in [0.5, 0.6) is 0 Å². The zero-order chi connectivity index (χ0) is 9.03. The highest BCUT2D eigenvalue weighted by Crippen LogP contribution is 2.18. The molecule has 7 heteroatoms.